The second kappa shape index (κ2) is 9.32. The van der Waals surface area contributed by atoms with E-state index in [2.05, 4.69) is 10.2 Å². The molecule has 3 rings (SSSR count). The Hall–Kier alpha value is -2.67. The molecule has 1 heterocycles. The fourth-order valence-corrected chi connectivity index (χ4v) is 3.41. The minimum absolute atomic E-state index is 0.649. The molecule has 0 saturated heterocycles. The van der Waals surface area contributed by atoms with Crippen LogP contribution in [-0.2, 0) is 7.05 Å². The summed E-state index contributed by atoms with van der Waals surface area (Å²) >= 11 is 1.67. The number of hydrogen-bond acceptors (Lipinski definition) is 6. The third-order valence-electron chi connectivity index (χ3n) is 4.03. The van der Waals surface area contributed by atoms with Crippen LogP contribution >= 0.6 is 11.8 Å². The molecule has 27 heavy (non-hydrogen) atoms. The topological polar surface area (TPSA) is 58.4 Å². The van der Waals surface area contributed by atoms with Crippen LogP contribution in [0.1, 0.15) is 6.42 Å². The SMILES string of the molecule is COc1ccc(OCCCSc2nnc(-c3ccccc3OC)n2C)cc1. The molecule has 0 unspecified atom stereocenters. The van der Waals surface area contributed by atoms with Gasteiger partial charge >= 0.3 is 0 Å². The maximum atomic E-state index is 5.75. The number of nitrogens with zero attached hydrogens (tertiary/aromatic N) is 3. The monoisotopic (exact) mass is 385 g/mol. The Balaban J connectivity index is 1.51. The van der Waals surface area contributed by atoms with Crippen molar-refractivity contribution >= 4 is 11.8 Å². The highest BCUT2D eigenvalue weighted by molar-refractivity contribution is 7.99. The van der Waals surface area contributed by atoms with E-state index in [-0.39, 0.29) is 0 Å². The van der Waals surface area contributed by atoms with Gasteiger partial charge in [0.25, 0.3) is 0 Å². The summed E-state index contributed by atoms with van der Waals surface area (Å²) in [4.78, 5) is 0. The lowest BCUT2D eigenvalue weighted by Crippen LogP contribution is -2.00. The zero-order chi connectivity index (χ0) is 19.1. The van der Waals surface area contributed by atoms with E-state index in [1.165, 1.54) is 0 Å². The van der Waals surface area contributed by atoms with Gasteiger partial charge in [-0.05, 0) is 42.8 Å². The zero-order valence-electron chi connectivity index (χ0n) is 15.7. The molecule has 0 saturated carbocycles. The fourth-order valence-electron chi connectivity index (χ4n) is 2.59. The van der Waals surface area contributed by atoms with Crippen molar-refractivity contribution in [1.29, 1.82) is 0 Å². The van der Waals surface area contributed by atoms with Gasteiger partial charge < -0.3 is 18.8 Å². The number of rotatable bonds is 9. The predicted molar refractivity (Wildman–Crippen MR) is 107 cm³/mol. The second-order valence-corrected chi connectivity index (χ2v) is 6.85. The van der Waals surface area contributed by atoms with E-state index in [0.29, 0.717) is 6.61 Å². The van der Waals surface area contributed by atoms with Gasteiger partial charge in [0, 0.05) is 12.8 Å². The van der Waals surface area contributed by atoms with Crippen molar-refractivity contribution in [2.45, 2.75) is 11.6 Å². The van der Waals surface area contributed by atoms with Crippen molar-refractivity contribution in [3.8, 4) is 28.6 Å². The minimum atomic E-state index is 0.649. The molecule has 3 aromatic rings. The number of thioether (sulfide) groups is 1. The van der Waals surface area contributed by atoms with Crippen LogP contribution in [0.3, 0.4) is 0 Å². The number of aromatic nitrogens is 3. The van der Waals surface area contributed by atoms with Gasteiger partial charge in [-0.3, -0.25) is 0 Å². The van der Waals surface area contributed by atoms with Crippen LogP contribution in [0.15, 0.2) is 53.7 Å². The molecule has 0 radical (unpaired) electrons. The smallest absolute Gasteiger partial charge is 0.191 e. The highest BCUT2D eigenvalue weighted by Crippen LogP contribution is 2.30. The van der Waals surface area contributed by atoms with Gasteiger partial charge in [0.05, 0.1) is 26.4 Å². The van der Waals surface area contributed by atoms with Crippen LogP contribution in [0.2, 0.25) is 0 Å². The lowest BCUT2D eigenvalue weighted by molar-refractivity contribution is 0.318. The van der Waals surface area contributed by atoms with Crippen molar-refractivity contribution in [3.05, 3.63) is 48.5 Å². The van der Waals surface area contributed by atoms with Gasteiger partial charge in [-0.25, -0.2) is 0 Å². The van der Waals surface area contributed by atoms with Crippen molar-refractivity contribution in [3.63, 3.8) is 0 Å². The van der Waals surface area contributed by atoms with Gasteiger partial charge in [-0.15, -0.1) is 10.2 Å². The first-order valence-corrected chi connectivity index (χ1v) is 9.64. The third-order valence-corrected chi connectivity index (χ3v) is 5.14. The fraction of sp³-hybridized carbons (Fsp3) is 0.300. The number of ether oxygens (including phenoxy) is 3. The van der Waals surface area contributed by atoms with Gasteiger partial charge in [0.1, 0.15) is 17.2 Å². The van der Waals surface area contributed by atoms with E-state index < -0.39 is 0 Å². The maximum Gasteiger partial charge on any atom is 0.191 e. The second-order valence-electron chi connectivity index (χ2n) is 5.79. The largest absolute Gasteiger partial charge is 0.497 e. The molecule has 0 spiro atoms. The Morgan fingerprint density at radius 1 is 0.926 bits per heavy atom. The molecule has 0 fully saturated rings. The first-order valence-electron chi connectivity index (χ1n) is 8.65. The standard InChI is InChI=1S/C20H23N3O3S/c1-23-19(17-7-4-5-8-18(17)25-3)21-22-20(23)27-14-6-13-26-16-11-9-15(24-2)10-12-16/h4-5,7-12H,6,13-14H2,1-3H3. The van der Waals surface area contributed by atoms with Crippen molar-refractivity contribution in [2.24, 2.45) is 7.05 Å². The molecule has 6 nitrogen and oxygen atoms in total. The van der Waals surface area contributed by atoms with Gasteiger partial charge in [-0.1, -0.05) is 23.9 Å². The van der Waals surface area contributed by atoms with E-state index in [1.807, 2.05) is 60.1 Å². The summed E-state index contributed by atoms with van der Waals surface area (Å²) in [7, 11) is 5.28. The minimum Gasteiger partial charge on any atom is -0.497 e. The summed E-state index contributed by atoms with van der Waals surface area (Å²) in [6, 6.07) is 15.4. The number of benzene rings is 2. The van der Waals surface area contributed by atoms with Gasteiger partial charge in [-0.2, -0.15) is 0 Å². The zero-order valence-corrected chi connectivity index (χ0v) is 16.5. The molecule has 0 atom stereocenters. The summed E-state index contributed by atoms with van der Waals surface area (Å²) in [5.41, 5.74) is 0.935. The molecule has 142 valence electrons. The van der Waals surface area contributed by atoms with Crippen LogP contribution in [0, 0.1) is 0 Å². The van der Waals surface area contributed by atoms with Crippen LogP contribution in [-0.4, -0.2) is 41.3 Å². The van der Waals surface area contributed by atoms with Gasteiger partial charge in [0.2, 0.25) is 0 Å². The Bertz CT molecular complexity index is 865. The number of para-hydroxylation sites is 1. The molecule has 0 bridgehead atoms. The Kier molecular flexibility index (Phi) is 6.59. The average molecular weight is 385 g/mol. The Morgan fingerprint density at radius 2 is 1.67 bits per heavy atom. The molecule has 0 N–H and O–H groups in total. The summed E-state index contributed by atoms with van der Waals surface area (Å²) in [6.45, 7) is 0.649. The van der Waals surface area contributed by atoms with E-state index in [9.17, 15) is 0 Å². The van der Waals surface area contributed by atoms with Crippen molar-refractivity contribution in [1.82, 2.24) is 14.8 Å². The number of hydrogen-bond donors (Lipinski definition) is 0. The summed E-state index contributed by atoms with van der Waals surface area (Å²) in [5, 5.41) is 9.51. The van der Waals surface area contributed by atoms with E-state index in [4.69, 9.17) is 14.2 Å². The summed E-state index contributed by atoms with van der Waals surface area (Å²) < 4.78 is 18.3. The maximum absolute atomic E-state index is 5.75. The molecular formula is C20H23N3O3S. The highest BCUT2D eigenvalue weighted by atomic mass is 32.2. The lowest BCUT2D eigenvalue weighted by atomic mass is 10.2. The predicted octanol–water partition coefficient (Wildman–Crippen LogP) is 4.06. The Morgan fingerprint density at radius 3 is 2.41 bits per heavy atom. The summed E-state index contributed by atoms with van der Waals surface area (Å²) in [6.07, 6.45) is 0.910. The van der Waals surface area contributed by atoms with Crippen LogP contribution < -0.4 is 14.2 Å². The molecule has 0 aliphatic heterocycles. The first-order chi connectivity index (χ1) is 13.2. The Labute approximate surface area is 163 Å². The molecule has 1 aromatic heterocycles. The molecule has 0 aliphatic rings. The molecule has 2 aromatic carbocycles. The van der Waals surface area contributed by atoms with Crippen molar-refractivity contribution < 1.29 is 14.2 Å². The lowest BCUT2D eigenvalue weighted by Gasteiger charge is -2.08. The first kappa shape index (κ1) is 19.1. The average Bonchev–Trinajstić information content (AvgIpc) is 3.08. The quantitative estimate of drug-likeness (QED) is 0.409. The van der Waals surface area contributed by atoms with E-state index in [0.717, 1.165) is 46.0 Å². The number of methoxy groups -OCH3 is 2. The highest BCUT2D eigenvalue weighted by Gasteiger charge is 2.14. The molecule has 0 amide bonds. The summed E-state index contributed by atoms with van der Waals surface area (Å²) in [5.74, 6) is 4.15. The third kappa shape index (κ3) is 4.74. The molecule has 0 aliphatic carbocycles. The normalized spacial score (nSPS) is 10.6. The van der Waals surface area contributed by atoms with Crippen LogP contribution in [0.5, 0.6) is 17.2 Å². The molecule has 7 heteroatoms. The molecular weight excluding hydrogens is 362 g/mol. The van der Waals surface area contributed by atoms with Crippen LogP contribution in [0.4, 0.5) is 0 Å². The van der Waals surface area contributed by atoms with E-state index in [1.54, 1.807) is 26.0 Å². The van der Waals surface area contributed by atoms with Gasteiger partial charge in [0.15, 0.2) is 11.0 Å². The van der Waals surface area contributed by atoms with Crippen molar-refractivity contribution in [2.75, 3.05) is 26.6 Å². The van der Waals surface area contributed by atoms with Crippen LogP contribution in [0.25, 0.3) is 11.4 Å². The van der Waals surface area contributed by atoms with E-state index >= 15 is 0 Å².